The molecule has 0 bridgehead atoms. The number of nitrogens with zero attached hydrogens (tertiary/aromatic N) is 1. The highest BCUT2D eigenvalue weighted by molar-refractivity contribution is 14.1. The molecule has 10 heteroatoms. The van der Waals surface area contributed by atoms with Crippen LogP contribution in [0.2, 0.25) is 10.0 Å². The minimum atomic E-state index is -0.603. The van der Waals surface area contributed by atoms with E-state index >= 15 is 0 Å². The molecule has 1 aliphatic rings. The predicted octanol–water partition coefficient (Wildman–Crippen LogP) is 4.78. The van der Waals surface area contributed by atoms with Crippen molar-refractivity contribution in [1.29, 1.82) is 0 Å². The van der Waals surface area contributed by atoms with E-state index in [2.05, 4.69) is 21.2 Å². The van der Waals surface area contributed by atoms with Crippen molar-refractivity contribution in [3.63, 3.8) is 0 Å². The number of nitrogens with one attached hydrogen (secondary N) is 1. The van der Waals surface area contributed by atoms with E-state index < -0.39 is 11.8 Å². The van der Waals surface area contributed by atoms with Gasteiger partial charge in [-0.3, -0.25) is 19.8 Å². The van der Waals surface area contributed by atoms with Crippen LogP contribution in [0.3, 0.4) is 0 Å². The van der Waals surface area contributed by atoms with Gasteiger partial charge in [0.15, 0.2) is 8.88 Å². The molecule has 1 saturated heterocycles. The number of thiocarbonyl (C=S) groups is 1. The van der Waals surface area contributed by atoms with E-state index in [-0.39, 0.29) is 15.7 Å². The molecular formula is C15H6BrCl2IN2O3S. The largest absolute Gasteiger partial charge is 0.450 e. The van der Waals surface area contributed by atoms with Gasteiger partial charge in [0.2, 0.25) is 0 Å². The lowest BCUT2D eigenvalue weighted by Gasteiger charge is -2.28. The molecule has 0 unspecified atom stereocenters. The van der Waals surface area contributed by atoms with Crippen LogP contribution >= 0.6 is 73.9 Å². The third-order valence-corrected chi connectivity index (χ3v) is 6.37. The Kier molecular flexibility index (Phi) is 5.54. The minimum absolute atomic E-state index is 0.0410. The summed E-state index contributed by atoms with van der Waals surface area (Å²) >= 11 is 22.3. The Hall–Kier alpha value is -0.940. The second-order valence-electron chi connectivity index (χ2n) is 4.83. The second kappa shape index (κ2) is 7.36. The van der Waals surface area contributed by atoms with E-state index in [1.807, 2.05) is 22.6 Å². The molecule has 0 radical (unpaired) electrons. The van der Waals surface area contributed by atoms with Crippen LogP contribution in [0.15, 0.2) is 38.7 Å². The third kappa shape index (κ3) is 3.77. The average molecular weight is 572 g/mol. The maximum Gasteiger partial charge on any atom is 0.270 e. The maximum absolute atomic E-state index is 12.8. The molecule has 2 aromatic rings. The summed E-state index contributed by atoms with van der Waals surface area (Å²) < 4.78 is 6.78. The molecule has 0 aliphatic carbocycles. The molecule has 3 rings (SSSR count). The first-order chi connectivity index (χ1) is 11.8. The van der Waals surface area contributed by atoms with E-state index in [1.54, 1.807) is 18.2 Å². The van der Waals surface area contributed by atoms with Crippen molar-refractivity contribution < 1.29 is 14.0 Å². The number of halogens is 4. The zero-order valence-electron chi connectivity index (χ0n) is 12.0. The van der Waals surface area contributed by atoms with Crippen LogP contribution in [0.5, 0.6) is 0 Å². The lowest BCUT2D eigenvalue weighted by Crippen LogP contribution is -2.54. The Morgan fingerprint density at radius 3 is 2.56 bits per heavy atom. The molecular weight excluding hydrogens is 566 g/mol. The SMILES string of the molecule is O=C1NC(=S)N(c2ccc(Cl)c(Cl)c2)C(=O)/C1=C/c1cc(Br)c(I)o1. The van der Waals surface area contributed by atoms with Crippen LogP contribution < -0.4 is 10.2 Å². The maximum atomic E-state index is 12.8. The molecule has 0 saturated carbocycles. The van der Waals surface area contributed by atoms with Crippen LogP contribution in [-0.2, 0) is 9.59 Å². The summed E-state index contributed by atoms with van der Waals surface area (Å²) in [5.74, 6) is -0.833. The number of rotatable bonds is 2. The van der Waals surface area contributed by atoms with E-state index in [1.165, 1.54) is 17.0 Å². The first kappa shape index (κ1) is 18.8. The van der Waals surface area contributed by atoms with Crippen LogP contribution in [0.1, 0.15) is 5.76 Å². The van der Waals surface area contributed by atoms with Gasteiger partial charge in [-0.25, -0.2) is 0 Å². The van der Waals surface area contributed by atoms with E-state index in [0.29, 0.717) is 20.2 Å². The van der Waals surface area contributed by atoms with Gasteiger partial charge in [0, 0.05) is 22.6 Å². The molecule has 128 valence electrons. The smallest absolute Gasteiger partial charge is 0.270 e. The van der Waals surface area contributed by atoms with Gasteiger partial charge in [-0.2, -0.15) is 0 Å². The van der Waals surface area contributed by atoms with Crippen molar-refractivity contribution >= 4 is 103 Å². The summed E-state index contributed by atoms with van der Waals surface area (Å²) in [5.41, 5.74) is 0.280. The fraction of sp³-hybridized carbons (Fsp3) is 0. The molecule has 1 aromatic heterocycles. The van der Waals surface area contributed by atoms with E-state index in [0.717, 1.165) is 4.47 Å². The van der Waals surface area contributed by atoms with Crippen molar-refractivity contribution in [1.82, 2.24) is 5.32 Å². The number of carbonyl (C=O) groups is 2. The molecule has 0 atom stereocenters. The monoisotopic (exact) mass is 570 g/mol. The fourth-order valence-electron chi connectivity index (χ4n) is 2.09. The zero-order chi connectivity index (χ0) is 18.3. The second-order valence-corrected chi connectivity index (χ2v) is 7.86. The van der Waals surface area contributed by atoms with Crippen molar-refractivity contribution in [2.45, 2.75) is 0 Å². The van der Waals surface area contributed by atoms with Gasteiger partial charge in [0.1, 0.15) is 11.3 Å². The van der Waals surface area contributed by atoms with Crippen LogP contribution in [0.4, 0.5) is 5.69 Å². The van der Waals surface area contributed by atoms with Crippen LogP contribution in [-0.4, -0.2) is 16.9 Å². The van der Waals surface area contributed by atoms with E-state index in [9.17, 15) is 9.59 Å². The standard InChI is InChI=1S/C15H6BrCl2IN2O3S/c16-9-5-7(24-12(9)19)4-8-13(22)20-15(25)21(14(8)23)6-1-2-10(17)11(18)3-6/h1-5H,(H,20,22,25)/b8-4+. The predicted molar refractivity (Wildman–Crippen MR) is 112 cm³/mol. The fourth-order valence-corrected chi connectivity index (χ4v) is 3.38. The topological polar surface area (TPSA) is 62.6 Å². The summed E-state index contributed by atoms with van der Waals surface area (Å²) in [6.07, 6.45) is 1.36. The number of hydrogen-bond donors (Lipinski definition) is 1. The normalized spacial score (nSPS) is 16.6. The summed E-state index contributed by atoms with van der Waals surface area (Å²) in [5, 5.41) is 3.05. The minimum Gasteiger partial charge on any atom is -0.450 e. The molecule has 25 heavy (non-hydrogen) atoms. The highest BCUT2D eigenvalue weighted by atomic mass is 127. The Labute approximate surface area is 179 Å². The number of benzene rings is 1. The quantitative estimate of drug-likeness (QED) is 0.244. The van der Waals surface area contributed by atoms with Gasteiger partial charge in [-0.15, -0.1) is 0 Å². The van der Waals surface area contributed by atoms with Crippen LogP contribution in [0, 0.1) is 3.77 Å². The van der Waals surface area contributed by atoms with Crippen molar-refractivity contribution in [2.75, 3.05) is 4.90 Å². The molecule has 0 spiro atoms. The summed E-state index contributed by atoms with van der Waals surface area (Å²) in [7, 11) is 0. The molecule has 5 nitrogen and oxygen atoms in total. The molecule has 2 amide bonds. The summed E-state index contributed by atoms with van der Waals surface area (Å²) in [6, 6.07) is 6.28. The summed E-state index contributed by atoms with van der Waals surface area (Å²) in [4.78, 5) is 26.2. The number of hydrogen-bond acceptors (Lipinski definition) is 4. The highest BCUT2D eigenvalue weighted by Crippen LogP contribution is 2.30. The molecule has 2 heterocycles. The van der Waals surface area contributed by atoms with Crippen molar-refractivity contribution in [3.05, 3.63) is 53.9 Å². The average Bonchev–Trinajstić information content (AvgIpc) is 2.85. The number of amides is 2. The van der Waals surface area contributed by atoms with Crippen LogP contribution in [0.25, 0.3) is 6.08 Å². The molecule has 1 fully saturated rings. The Morgan fingerprint density at radius 1 is 1.24 bits per heavy atom. The molecule has 1 aliphatic heterocycles. The summed E-state index contributed by atoms with van der Waals surface area (Å²) in [6.45, 7) is 0. The van der Waals surface area contributed by atoms with Gasteiger partial charge in [0.25, 0.3) is 11.8 Å². The highest BCUT2D eigenvalue weighted by Gasteiger charge is 2.35. The van der Waals surface area contributed by atoms with Crippen molar-refractivity contribution in [2.24, 2.45) is 0 Å². The van der Waals surface area contributed by atoms with Gasteiger partial charge < -0.3 is 4.42 Å². The Bertz CT molecular complexity index is 941. The molecule has 1 N–H and O–H groups in total. The van der Waals surface area contributed by atoms with Crippen molar-refractivity contribution in [3.8, 4) is 0 Å². The third-order valence-electron chi connectivity index (χ3n) is 3.21. The first-order valence-corrected chi connectivity index (χ1v) is 9.63. The molecule has 1 aromatic carbocycles. The van der Waals surface area contributed by atoms with E-state index in [4.69, 9.17) is 39.8 Å². The van der Waals surface area contributed by atoms with Gasteiger partial charge in [0.05, 0.1) is 20.2 Å². The zero-order valence-corrected chi connectivity index (χ0v) is 18.1. The first-order valence-electron chi connectivity index (χ1n) is 6.59. The number of anilines is 1. The Balaban J connectivity index is 2.03. The number of carbonyl (C=O) groups excluding carboxylic acids is 2. The van der Waals surface area contributed by atoms with Gasteiger partial charge in [-0.1, -0.05) is 23.2 Å². The Morgan fingerprint density at radius 2 is 1.96 bits per heavy atom. The lowest BCUT2D eigenvalue weighted by molar-refractivity contribution is -0.122. The lowest BCUT2D eigenvalue weighted by atomic mass is 10.1. The number of furan rings is 1. The van der Waals surface area contributed by atoms with Gasteiger partial charge >= 0.3 is 0 Å². The van der Waals surface area contributed by atoms with Gasteiger partial charge in [-0.05, 0) is 58.5 Å².